The van der Waals surface area contributed by atoms with Gasteiger partial charge in [0.15, 0.2) is 0 Å². The fourth-order valence-corrected chi connectivity index (χ4v) is 1.60. The van der Waals surface area contributed by atoms with E-state index in [4.69, 9.17) is 0 Å². The largest absolute Gasteiger partial charge is 0.356 e. The molecule has 110 valence electrons. The Labute approximate surface area is 117 Å². The molecule has 0 saturated heterocycles. The topological polar surface area (TPSA) is 56.7 Å². The van der Waals surface area contributed by atoms with Gasteiger partial charge in [0.25, 0.3) is 0 Å². The van der Waals surface area contributed by atoms with Crippen LogP contribution in [0.2, 0.25) is 0 Å². The van der Waals surface area contributed by atoms with Crippen molar-refractivity contribution >= 4 is 12.1 Å². The number of hydrogen-bond acceptors (Lipinski definition) is 4. The van der Waals surface area contributed by atoms with E-state index in [1.807, 2.05) is 6.92 Å². The van der Waals surface area contributed by atoms with Crippen LogP contribution in [0.5, 0.6) is 0 Å². The van der Waals surface area contributed by atoms with Crippen LogP contribution in [0, 0.1) is 0 Å². The summed E-state index contributed by atoms with van der Waals surface area (Å²) < 4.78 is 0. The van der Waals surface area contributed by atoms with Gasteiger partial charge in [0.05, 0.1) is 6.17 Å². The quantitative estimate of drug-likeness (QED) is 0.353. The highest BCUT2D eigenvalue weighted by Crippen LogP contribution is 1.90. The predicted octanol–water partition coefficient (Wildman–Crippen LogP) is 1.03. The Morgan fingerprint density at radius 2 is 2.05 bits per heavy atom. The van der Waals surface area contributed by atoms with Crippen molar-refractivity contribution in [1.29, 1.82) is 0 Å². The van der Waals surface area contributed by atoms with E-state index in [0.717, 1.165) is 32.6 Å². The summed E-state index contributed by atoms with van der Waals surface area (Å²) in [6.07, 6.45) is 5.95. The Kier molecular flexibility index (Phi) is 11.1. The molecular formula is C14H28N4O. The zero-order chi connectivity index (χ0) is 14.5. The van der Waals surface area contributed by atoms with E-state index in [1.54, 1.807) is 19.3 Å². The summed E-state index contributed by atoms with van der Waals surface area (Å²) in [7, 11) is 1.60. The molecule has 0 spiro atoms. The summed E-state index contributed by atoms with van der Waals surface area (Å²) in [6, 6.07) is 0. The van der Waals surface area contributed by atoms with Gasteiger partial charge in [0.2, 0.25) is 5.91 Å². The van der Waals surface area contributed by atoms with Gasteiger partial charge >= 0.3 is 0 Å². The third-order valence-electron chi connectivity index (χ3n) is 2.88. The van der Waals surface area contributed by atoms with Crippen molar-refractivity contribution in [3.8, 4) is 0 Å². The van der Waals surface area contributed by atoms with E-state index >= 15 is 0 Å². The van der Waals surface area contributed by atoms with Crippen LogP contribution >= 0.6 is 0 Å². The number of rotatable bonds is 10. The number of amides is 1. The molecule has 2 N–H and O–H groups in total. The minimum Gasteiger partial charge on any atom is -0.356 e. The van der Waals surface area contributed by atoms with Crippen LogP contribution < -0.4 is 10.6 Å². The van der Waals surface area contributed by atoms with E-state index < -0.39 is 0 Å². The monoisotopic (exact) mass is 268 g/mol. The number of carbonyl (C=O) groups excluding carboxylic acids is 1. The molecule has 0 aromatic rings. The van der Waals surface area contributed by atoms with E-state index in [-0.39, 0.29) is 12.1 Å². The van der Waals surface area contributed by atoms with Crippen molar-refractivity contribution in [2.24, 2.45) is 4.99 Å². The summed E-state index contributed by atoms with van der Waals surface area (Å²) in [5.74, 6) is -0.119. The van der Waals surface area contributed by atoms with Crippen molar-refractivity contribution in [2.45, 2.75) is 33.4 Å². The van der Waals surface area contributed by atoms with Crippen molar-refractivity contribution in [3.63, 3.8) is 0 Å². The van der Waals surface area contributed by atoms with E-state index in [2.05, 4.69) is 34.4 Å². The Balaban J connectivity index is 3.69. The molecule has 0 aliphatic carbocycles. The standard InChI is InChI=1S/C14H28N4O/c1-5-18(6-2)12-8-11-17-13(3)16-10-7-9-14(19)15-4/h7,9-10,13,17H,5-6,8,11-12H2,1-4H3,(H,15,19)/b9-7+,16-10?. The van der Waals surface area contributed by atoms with Crippen LogP contribution in [0.15, 0.2) is 17.1 Å². The van der Waals surface area contributed by atoms with Crippen molar-refractivity contribution in [3.05, 3.63) is 12.2 Å². The molecule has 0 aliphatic rings. The molecule has 0 radical (unpaired) electrons. The van der Waals surface area contributed by atoms with E-state index in [0.29, 0.717) is 0 Å². The SMILES string of the molecule is CCN(CC)CCCNC(C)N=C/C=C/C(=O)NC. The first-order valence-corrected chi connectivity index (χ1v) is 7.01. The maximum Gasteiger partial charge on any atom is 0.243 e. The lowest BCUT2D eigenvalue weighted by Gasteiger charge is -2.18. The van der Waals surface area contributed by atoms with Crippen LogP contribution in [-0.4, -0.2) is 56.4 Å². The van der Waals surface area contributed by atoms with Gasteiger partial charge in [0, 0.05) is 19.3 Å². The van der Waals surface area contributed by atoms with Gasteiger partial charge in [-0.25, -0.2) is 0 Å². The van der Waals surface area contributed by atoms with Gasteiger partial charge in [0.1, 0.15) is 0 Å². The van der Waals surface area contributed by atoms with Crippen molar-refractivity contribution in [2.75, 3.05) is 33.2 Å². The molecule has 1 atom stereocenters. The number of aliphatic imine (C=N–C) groups is 1. The maximum atomic E-state index is 10.9. The second kappa shape index (κ2) is 11.9. The lowest BCUT2D eigenvalue weighted by atomic mass is 10.3. The molecule has 0 rings (SSSR count). The summed E-state index contributed by atoms with van der Waals surface area (Å²) in [4.78, 5) is 17.6. The van der Waals surface area contributed by atoms with E-state index in [9.17, 15) is 4.79 Å². The minimum absolute atomic E-state index is 0.0750. The second-order valence-electron chi connectivity index (χ2n) is 4.28. The zero-order valence-corrected chi connectivity index (χ0v) is 12.6. The lowest BCUT2D eigenvalue weighted by Crippen LogP contribution is -2.30. The van der Waals surface area contributed by atoms with Gasteiger partial charge < -0.3 is 10.2 Å². The molecule has 0 bridgehead atoms. The van der Waals surface area contributed by atoms with Crippen LogP contribution in [0.25, 0.3) is 0 Å². The molecule has 1 unspecified atom stereocenters. The highest BCUT2D eigenvalue weighted by molar-refractivity contribution is 5.91. The first kappa shape index (κ1) is 17.8. The lowest BCUT2D eigenvalue weighted by molar-refractivity contribution is -0.116. The summed E-state index contributed by atoms with van der Waals surface area (Å²) in [6.45, 7) is 10.6. The third kappa shape index (κ3) is 10.4. The second-order valence-corrected chi connectivity index (χ2v) is 4.28. The molecule has 19 heavy (non-hydrogen) atoms. The Morgan fingerprint density at radius 1 is 1.37 bits per heavy atom. The molecule has 0 fully saturated rings. The number of allylic oxidation sites excluding steroid dienone is 1. The first-order valence-electron chi connectivity index (χ1n) is 7.01. The number of likely N-dealkylation sites (N-methyl/N-ethyl adjacent to an activating group) is 1. The fourth-order valence-electron chi connectivity index (χ4n) is 1.60. The molecule has 5 heteroatoms. The van der Waals surface area contributed by atoms with Crippen LogP contribution in [0.3, 0.4) is 0 Å². The van der Waals surface area contributed by atoms with Crippen LogP contribution in [0.1, 0.15) is 27.2 Å². The average molecular weight is 268 g/mol. The van der Waals surface area contributed by atoms with Crippen molar-refractivity contribution < 1.29 is 4.79 Å². The molecule has 0 aromatic carbocycles. The third-order valence-corrected chi connectivity index (χ3v) is 2.88. The Morgan fingerprint density at radius 3 is 2.63 bits per heavy atom. The van der Waals surface area contributed by atoms with Crippen molar-refractivity contribution in [1.82, 2.24) is 15.5 Å². The number of carbonyl (C=O) groups is 1. The maximum absolute atomic E-state index is 10.9. The highest BCUT2D eigenvalue weighted by Gasteiger charge is 1.99. The van der Waals surface area contributed by atoms with Crippen LogP contribution in [-0.2, 0) is 4.79 Å². The number of hydrogen-bond donors (Lipinski definition) is 2. The molecule has 0 aromatic heterocycles. The summed E-state index contributed by atoms with van der Waals surface area (Å²) in [5, 5.41) is 5.84. The van der Waals surface area contributed by atoms with Gasteiger partial charge in [-0.2, -0.15) is 0 Å². The van der Waals surface area contributed by atoms with Gasteiger partial charge in [-0.1, -0.05) is 13.8 Å². The Bertz CT molecular complexity index is 285. The number of nitrogens with zero attached hydrogens (tertiary/aromatic N) is 2. The summed E-state index contributed by atoms with van der Waals surface area (Å²) in [5.41, 5.74) is 0. The smallest absolute Gasteiger partial charge is 0.243 e. The normalized spacial score (nSPS) is 13.5. The molecular weight excluding hydrogens is 240 g/mol. The van der Waals surface area contributed by atoms with Gasteiger partial charge in [-0.3, -0.25) is 15.1 Å². The highest BCUT2D eigenvalue weighted by atomic mass is 16.1. The molecule has 0 saturated carbocycles. The first-order chi connectivity index (χ1) is 9.13. The predicted molar refractivity (Wildman–Crippen MR) is 81.6 cm³/mol. The number of nitrogens with one attached hydrogen (secondary N) is 2. The van der Waals surface area contributed by atoms with Gasteiger partial charge in [-0.05, 0) is 45.6 Å². The van der Waals surface area contributed by atoms with Crippen LogP contribution in [0.4, 0.5) is 0 Å². The van der Waals surface area contributed by atoms with Gasteiger partial charge in [-0.15, -0.1) is 0 Å². The Hall–Kier alpha value is -1.20. The van der Waals surface area contributed by atoms with E-state index in [1.165, 1.54) is 6.08 Å². The summed E-state index contributed by atoms with van der Waals surface area (Å²) >= 11 is 0. The molecule has 5 nitrogen and oxygen atoms in total. The average Bonchev–Trinajstić information content (AvgIpc) is 2.43. The molecule has 1 amide bonds. The molecule has 0 heterocycles. The fraction of sp³-hybridized carbons (Fsp3) is 0.714. The molecule has 0 aliphatic heterocycles. The minimum atomic E-state index is -0.119. The zero-order valence-electron chi connectivity index (χ0n) is 12.6.